The Morgan fingerprint density at radius 2 is 2.83 bits per heavy atom. The van der Waals surface area contributed by atoms with Crippen molar-refractivity contribution in [3.05, 3.63) is 0 Å². The molecule has 0 aromatic carbocycles. The minimum Gasteiger partial charge on any atom is -0.370 e. The van der Waals surface area contributed by atoms with E-state index in [1.165, 1.54) is 0 Å². The van der Waals surface area contributed by atoms with Gasteiger partial charge in [0.15, 0.2) is 1.41 Å². The lowest BCUT2D eigenvalue weighted by Crippen LogP contribution is -2.08. The summed E-state index contributed by atoms with van der Waals surface area (Å²) in [4.78, 5) is 10.1. The zero-order valence-electron chi connectivity index (χ0n) is 4.82. The lowest BCUT2D eigenvalue weighted by atomic mass is 10.3. The average Bonchev–Trinajstić information content (AvgIpc) is 1.68. The van der Waals surface area contributed by atoms with Crippen molar-refractivity contribution in [3.63, 3.8) is 0 Å². The summed E-state index contributed by atoms with van der Waals surface area (Å²) in [5.41, 5.74) is 1.78. The molecule has 0 heterocycles. The molecule has 0 atom stereocenters. The smallest absolute Gasteiger partial charge is 0.217 e. The van der Waals surface area contributed by atoms with Crippen LogP contribution in [0.1, 0.15) is 19.8 Å². The van der Waals surface area contributed by atoms with Crippen molar-refractivity contribution in [1.82, 2.24) is 0 Å². The molecular weight excluding hydrogens is 78.0 g/mol. The highest BCUT2D eigenvalue weighted by Gasteiger charge is 1.84. The number of amides is 1. The summed E-state index contributed by atoms with van der Waals surface area (Å²) < 4.78 is 6.31. The summed E-state index contributed by atoms with van der Waals surface area (Å²) in [6, 6.07) is 0. The van der Waals surface area contributed by atoms with Gasteiger partial charge in [-0.2, -0.15) is 0 Å². The molecule has 2 N–H and O–H groups in total. The lowest BCUT2D eigenvalue weighted by Gasteiger charge is -1.81. The molecule has 2 heteroatoms. The highest BCUT2D eigenvalue weighted by Crippen LogP contribution is 1.79. The molecule has 0 aromatic heterocycles. The SMILES string of the molecule is [3H]NC(=O)CCC. The molecule has 0 aliphatic carbocycles. The van der Waals surface area contributed by atoms with Crippen LogP contribution in [0, 0.1) is 0 Å². The zero-order chi connectivity index (χ0) is 5.70. The topological polar surface area (TPSA) is 43.1 Å². The molecule has 1 amide bonds. The summed E-state index contributed by atoms with van der Waals surface area (Å²) in [5, 5.41) is 0. The number of primary amides is 1. The van der Waals surface area contributed by atoms with E-state index in [4.69, 9.17) is 1.41 Å². The van der Waals surface area contributed by atoms with Gasteiger partial charge in [-0.1, -0.05) is 6.92 Å². The molecule has 0 rings (SSSR count). The van der Waals surface area contributed by atoms with E-state index in [-0.39, 0.29) is 5.91 Å². The van der Waals surface area contributed by atoms with E-state index in [1.54, 1.807) is 5.73 Å². The van der Waals surface area contributed by atoms with Crippen LogP contribution in [0.25, 0.3) is 0 Å². The first-order chi connectivity index (χ1) is 3.31. The van der Waals surface area contributed by atoms with E-state index in [0.29, 0.717) is 6.42 Å². The fourth-order valence-corrected chi connectivity index (χ4v) is 0.227. The highest BCUT2D eigenvalue weighted by molar-refractivity contribution is 5.73. The van der Waals surface area contributed by atoms with Gasteiger partial charge < -0.3 is 5.73 Å². The van der Waals surface area contributed by atoms with Gasteiger partial charge in [-0.05, 0) is 6.42 Å². The number of nitrogens with two attached hydrogens (primary N) is 1. The van der Waals surface area contributed by atoms with Gasteiger partial charge in [0.05, 0.1) is 0 Å². The van der Waals surface area contributed by atoms with Crippen LogP contribution in [-0.4, -0.2) is 5.91 Å². The largest absolute Gasteiger partial charge is 0.370 e. The Kier molecular flexibility index (Phi) is 1.64. The standard InChI is InChI=1S/C4H9NO/c1-2-3-4(5)6/h2-3H2,1H3,(H2,5,6)/i/hT. The summed E-state index contributed by atoms with van der Waals surface area (Å²) in [7, 11) is 0. The predicted molar refractivity (Wildman–Crippen MR) is 24.1 cm³/mol. The van der Waals surface area contributed by atoms with Crippen LogP contribution in [0.5, 0.6) is 0 Å². The number of rotatable bonds is 2. The maximum Gasteiger partial charge on any atom is 0.217 e. The van der Waals surface area contributed by atoms with E-state index >= 15 is 0 Å². The average molecular weight is 89.1 g/mol. The summed E-state index contributed by atoms with van der Waals surface area (Å²) in [5.74, 6) is -0.206. The molecule has 0 bridgehead atoms. The van der Waals surface area contributed by atoms with Crippen molar-refractivity contribution in [2.75, 3.05) is 0 Å². The molecule has 0 unspecified atom stereocenters. The van der Waals surface area contributed by atoms with Crippen molar-refractivity contribution < 1.29 is 6.21 Å². The molecule has 0 fully saturated rings. The van der Waals surface area contributed by atoms with E-state index in [9.17, 15) is 4.79 Å². The molecule has 2 nitrogen and oxygen atoms in total. The minimum atomic E-state index is -0.206. The van der Waals surface area contributed by atoms with Crippen molar-refractivity contribution in [2.24, 2.45) is 5.73 Å². The minimum absolute atomic E-state index is 0.206. The Balaban J connectivity index is 3.00. The third kappa shape index (κ3) is 3.47. The Morgan fingerprint density at radius 3 is 3.00 bits per heavy atom. The maximum atomic E-state index is 10.1. The summed E-state index contributed by atoms with van der Waals surface area (Å²) in [6.45, 7) is 1.90. The second kappa shape index (κ2) is 2.69. The van der Waals surface area contributed by atoms with Gasteiger partial charge in [0, 0.05) is 6.42 Å². The first kappa shape index (κ1) is 3.65. The van der Waals surface area contributed by atoms with Crippen molar-refractivity contribution in [3.8, 4) is 0 Å². The van der Waals surface area contributed by atoms with Gasteiger partial charge in [0.25, 0.3) is 0 Å². The van der Waals surface area contributed by atoms with Crippen molar-refractivity contribution in [2.45, 2.75) is 19.8 Å². The fourth-order valence-electron chi connectivity index (χ4n) is 0.227. The Bertz CT molecular complexity index is 64.7. The first-order valence-corrected chi connectivity index (χ1v) is 2.01. The highest BCUT2D eigenvalue weighted by atomic mass is 16.1. The Hall–Kier alpha value is -0.530. The summed E-state index contributed by atoms with van der Waals surface area (Å²) >= 11 is 0. The molecule has 36 valence electrons. The molecule has 0 saturated heterocycles. The van der Waals surface area contributed by atoms with Crippen LogP contribution in [0.3, 0.4) is 0 Å². The molecule has 0 aliphatic rings. The normalized spacial score (nSPS) is 9.83. The molecule has 0 saturated carbocycles. The molecule has 0 aromatic rings. The van der Waals surface area contributed by atoms with Gasteiger partial charge in [-0.15, -0.1) is 0 Å². The van der Waals surface area contributed by atoms with Crippen LogP contribution in [0.2, 0.25) is 1.41 Å². The third-order valence-electron chi connectivity index (χ3n) is 0.477. The second-order valence-electron chi connectivity index (χ2n) is 1.17. The lowest BCUT2D eigenvalue weighted by molar-refractivity contribution is -0.118. The van der Waals surface area contributed by atoms with Gasteiger partial charge >= 0.3 is 0 Å². The van der Waals surface area contributed by atoms with Crippen LogP contribution < -0.4 is 5.73 Å². The number of carbonyl (C=O) groups excluding carboxylic acids is 1. The fraction of sp³-hybridized carbons (Fsp3) is 0.750. The molecule has 6 heavy (non-hydrogen) atoms. The van der Waals surface area contributed by atoms with Gasteiger partial charge in [-0.25, -0.2) is 0 Å². The number of carbonyl (C=O) groups is 1. The molecule has 0 radical (unpaired) electrons. The van der Waals surface area contributed by atoms with Gasteiger partial charge in [-0.3, -0.25) is 4.79 Å². The Labute approximate surface area is 38.8 Å². The van der Waals surface area contributed by atoms with Crippen LogP contribution in [0.4, 0.5) is 0 Å². The molecule has 0 spiro atoms. The van der Waals surface area contributed by atoms with E-state index in [2.05, 4.69) is 0 Å². The van der Waals surface area contributed by atoms with Crippen LogP contribution >= 0.6 is 0 Å². The zero-order valence-corrected chi connectivity index (χ0v) is 3.82. The maximum absolute atomic E-state index is 10.1. The third-order valence-corrected chi connectivity index (χ3v) is 0.477. The monoisotopic (exact) mass is 89.1 g/mol. The van der Waals surface area contributed by atoms with Crippen LogP contribution in [-0.2, 0) is 4.79 Å². The van der Waals surface area contributed by atoms with Gasteiger partial charge in [0.2, 0.25) is 5.91 Å². The molecule has 0 aliphatic heterocycles. The summed E-state index contributed by atoms with van der Waals surface area (Å²) in [6.07, 6.45) is 1.27. The number of hydrogen-bond donors (Lipinski definition) is 1. The van der Waals surface area contributed by atoms with Crippen LogP contribution in [0.15, 0.2) is 0 Å². The van der Waals surface area contributed by atoms with Gasteiger partial charge in [0.1, 0.15) is 0 Å². The van der Waals surface area contributed by atoms with Crippen molar-refractivity contribution in [1.29, 1.82) is 0 Å². The van der Waals surface area contributed by atoms with E-state index in [0.717, 1.165) is 6.42 Å². The van der Waals surface area contributed by atoms with E-state index < -0.39 is 0 Å². The van der Waals surface area contributed by atoms with Crippen molar-refractivity contribution >= 4 is 5.91 Å². The first-order valence-electron chi connectivity index (χ1n) is 2.51. The van der Waals surface area contributed by atoms with E-state index in [1.807, 2.05) is 6.92 Å². The Morgan fingerprint density at radius 1 is 2.17 bits per heavy atom. The quantitative estimate of drug-likeness (QED) is 0.518. The molecular formula is C4H9NO. The number of hydrogen-bond acceptors (Lipinski definition) is 1. The predicted octanol–water partition coefficient (Wildman–Crippen LogP) is 0.272. The second-order valence-corrected chi connectivity index (χ2v) is 1.17.